The van der Waals surface area contributed by atoms with Crippen molar-refractivity contribution in [2.75, 3.05) is 23.9 Å². The highest BCUT2D eigenvalue weighted by Gasteiger charge is 2.15. The van der Waals surface area contributed by atoms with E-state index < -0.39 is 0 Å². The maximum Gasteiger partial charge on any atom is 0.0478 e. The summed E-state index contributed by atoms with van der Waals surface area (Å²) >= 11 is 0. The Morgan fingerprint density at radius 2 is 1.57 bits per heavy atom. The number of anilines is 2. The van der Waals surface area contributed by atoms with Gasteiger partial charge in [0, 0.05) is 55.7 Å². The van der Waals surface area contributed by atoms with Gasteiger partial charge < -0.3 is 9.80 Å². The molecule has 0 fully saturated rings. The quantitative estimate of drug-likeness (QED) is 0.234. The van der Waals surface area contributed by atoms with E-state index in [-0.39, 0.29) is 0 Å². The van der Waals surface area contributed by atoms with Gasteiger partial charge in [-0.05, 0) is 89.9 Å². The van der Waals surface area contributed by atoms with Gasteiger partial charge in [0.25, 0.3) is 0 Å². The van der Waals surface area contributed by atoms with Gasteiger partial charge in [-0.3, -0.25) is 4.98 Å². The molecule has 0 saturated heterocycles. The van der Waals surface area contributed by atoms with Gasteiger partial charge in [-0.25, -0.2) is 0 Å². The van der Waals surface area contributed by atoms with Gasteiger partial charge in [-0.15, -0.1) is 0 Å². The summed E-state index contributed by atoms with van der Waals surface area (Å²) in [5.74, 6) is 0.536. The number of hydrogen-bond acceptors (Lipinski definition) is 3. The number of hydrogen-bond donors (Lipinski definition) is 0. The molecule has 3 aromatic carbocycles. The molecule has 190 valence electrons. The summed E-state index contributed by atoms with van der Waals surface area (Å²) in [6, 6.07) is 26.5. The van der Waals surface area contributed by atoms with E-state index in [0.717, 1.165) is 35.5 Å². The van der Waals surface area contributed by atoms with Gasteiger partial charge in [0.05, 0.1) is 0 Å². The van der Waals surface area contributed by atoms with Crippen LogP contribution >= 0.6 is 0 Å². The highest BCUT2D eigenvalue weighted by molar-refractivity contribution is 5.71. The molecule has 37 heavy (non-hydrogen) atoms. The summed E-state index contributed by atoms with van der Waals surface area (Å²) in [7, 11) is 4.14. The molecule has 1 heterocycles. The number of rotatable bonds is 9. The lowest BCUT2D eigenvalue weighted by Gasteiger charge is -2.29. The minimum atomic E-state index is 0.536. The fourth-order valence-corrected chi connectivity index (χ4v) is 4.80. The monoisotopic (exact) mass is 489 g/mol. The smallest absolute Gasteiger partial charge is 0.0478 e. The van der Waals surface area contributed by atoms with Crippen LogP contribution in [-0.4, -0.2) is 19.1 Å². The van der Waals surface area contributed by atoms with E-state index in [2.05, 4.69) is 136 Å². The number of aromatic nitrogens is 1. The molecule has 0 spiro atoms. The van der Waals surface area contributed by atoms with E-state index in [1.54, 1.807) is 0 Å². The van der Waals surface area contributed by atoms with Crippen LogP contribution in [-0.2, 0) is 6.54 Å². The zero-order chi connectivity index (χ0) is 26.5. The van der Waals surface area contributed by atoms with Crippen molar-refractivity contribution in [1.29, 1.82) is 0 Å². The molecular formula is C34H39N3. The van der Waals surface area contributed by atoms with Gasteiger partial charge in [0.15, 0.2) is 0 Å². The minimum Gasteiger partial charge on any atom is -0.378 e. The first-order valence-electron chi connectivity index (χ1n) is 13.1. The Bertz CT molecular complexity index is 1370. The minimum absolute atomic E-state index is 0.536. The van der Waals surface area contributed by atoms with Crippen LogP contribution in [0.1, 0.15) is 37.0 Å². The normalized spacial score (nSPS) is 11.0. The maximum absolute atomic E-state index is 4.50. The van der Waals surface area contributed by atoms with Crippen molar-refractivity contribution < 1.29 is 0 Å². The van der Waals surface area contributed by atoms with Gasteiger partial charge in [-0.1, -0.05) is 62.9 Å². The third-order valence-electron chi connectivity index (χ3n) is 6.72. The first kappa shape index (κ1) is 26.2. The molecule has 0 aliphatic rings. The van der Waals surface area contributed by atoms with Gasteiger partial charge >= 0.3 is 0 Å². The lowest BCUT2D eigenvalue weighted by molar-refractivity contribution is 0.624. The highest BCUT2D eigenvalue weighted by atomic mass is 15.1. The fraction of sp³-hybridized carbons (Fsp3) is 0.265. The van der Waals surface area contributed by atoms with Crippen LogP contribution < -0.4 is 9.80 Å². The van der Waals surface area contributed by atoms with Crippen LogP contribution in [0.5, 0.6) is 0 Å². The second kappa shape index (κ2) is 11.5. The van der Waals surface area contributed by atoms with Crippen molar-refractivity contribution in [3.8, 4) is 22.3 Å². The second-order valence-electron chi connectivity index (χ2n) is 10.6. The van der Waals surface area contributed by atoms with E-state index in [1.807, 2.05) is 12.4 Å². The van der Waals surface area contributed by atoms with Crippen molar-refractivity contribution in [1.82, 2.24) is 4.98 Å². The number of pyridine rings is 1. The Labute approximate surface area is 223 Å². The number of benzene rings is 3. The summed E-state index contributed by atoms with van der Waals surface area (Å²) in [4.78, 5) is 8.90. The third kappa shape index (κ3) is 6.48. The molecule has 0 N–H and O–H groups in total. The predicted octanol–water partition coefficient (Wildman–Crippen LogP) is 8.66. The molecule has 0 radical (unpaired) electrons. The van der Waals surface area contributed by atoms with Crippen LogP contribution in [0.2, 0.25) is 0 Å². The average Bonchev–Trinajstić information content (AvgIpc) is 2.87. The molecule has 0 aliphatic carbocycles. The SMILES string of the molecule is C=C(CC(C)C)N(Cc1ccc(-c2ccc(N(C)C)cc2)c(C)c1)c1cccc(-c2cncc(C)c2)c1. The molecule has 3 heteroatoms. The number of nitrogens with zero attached hydrogens (tertiary/aromatic N) is 3. The zero-order valence-corrected chi connectivity index (χ0v) is 23.1. The van der Waals surface area contributed by atoms with Crippen LogP contribution in [0.3, 0.4) is 0 Å². The number of aryl methyl sites for hydroxylation is 2. The first-order chi connectivity index (χ1) is 17.7. The highest BCUT2D eigenvalue weighted by Crippen LogP contribution is 2.31. The average molecular weight is 490 g/mol. The van der Waals surface area contributed by atoms with Crippen molar-refractivity contribution >= 4 is 11.4 Å². The van der Waals surface area contributed by atoms with Crippen molar-refractivity contribution in [3.05, 3.63) is 114 Å². The van der Waals surface area contributed by atoms with Gasteiger partial charge in [0.2, 0.25) is 0 Å². The van der Waals surface area contributed by atoms with Crippen molar-refractivity contribution in [3.63, 3.8) is 0 Å². The standard InChI is InChI=1S/C34H39N3/c1-24(2)17-27(5)37(33-10-8-9-30(20-33)31-18-25(3)21-35-22-31)23-28-11-16-34(26(4)19-28)29-12-14-32(15-13-29)36(6)7/h8-16,18-22,24H,5,17,23H2,1-4,6-7H3. The Kier molecular flexibility index (Phi) is 8.13. The predicted molar refractivity (Wildman–Crippen MR) is 160 cm³/mol. The van der Waals surface area contributed by atoms with Gasteiger partial charge in [0.1, 0.15) is 0 Å². The van der Waals surface area contributed by atoms with Crippen LogP contribution in [0.15, 0.2) is 97.5 Å². The van der Waals surface area contributed by atoms with Gasteiger partial charge in [-0.2, -0.15) is 0 Å². The summed E-state index contributed by atoms with van der Waals surface area (Å²) in [5.41, 5.74) is 12.0. The van der Waals surface area contributed by atoms with Crippen molar-refractivity contribution in [2.24, 2.45) is 5.92 Å². The van der Waals surface area contributed by atoms with E-state index in [4.69, 9.17) is 0 Å². The molecule has 1 aromatic heterocycles. The molecular weight excluding hydrogens is 450 g/mol. The Morgan fingerprint density at radius 1 is 0.811 bits per heavy atom. The second-order valence-corrected chi connectivity index (χ2v) is 10.6. The Hall–Kier alpha value is -3.85. The lowest BCUT2D eigenvalue weighted by atomic mass is 9.97. The molecule has 0 bridgehead atoms. The molecule has 0 unspecified atom stereocenters. The zero-order valence-electron chi connectivity index (χ0n) is 23.1. The van der Waals surface area contributed by atoms with E-state index >= 15 is 0 Å². The summed E-state index contributed by atoms with van der Waals surface area (Å²) in [5, 5.41) is 0. The topological polar surface area (TPSA) is 19.4 Å². The first-order valence-corrected chi connectivity index (χ1v) is 13.1. The van der Waals surface area contributed by atoms with Crippen LogP contribution in [0, 0.1) is 19.8 Å². The molecule has 4 aromatic rings. The third-order valence-corrected chi connectivity index (χ3v) is 6.72. The summed E-state index contributed by atoms with van der Waals surface area (Å²) in [6.45, 7) is 14.1. The van der Waals surface area contributed by atoms with E-state index in [1.165, 1.54) is 33.5 Å². The van der Waals surface area contributed by atoms with E-state index in [9.17, 15) is 0 Å². The summed E-state index contributed by atoms with van der Waals surface area (Å²) in [6.07, 6.45) is 4.78. The van der Waals surface area contributed by atoms with Crippen molar-refractivity contribution in [2.45, 2.75) is 40.7 Å². The summed E-state index contributed by atoms with van der Waals surface area (Å²) < 4.78 is 0. The lowest BCUT2D eigenvalue weighted by Crippen LogP contribution is -2.22. The number of allylic oxidation sites excluding steroid dienone is 1. The Morgan fingerprint density at radius 3 is 2.22 bits per heavy atom. The molecule has 0 atom stereocenters. The molecule has 4 rings (SSSR count). The molecule has 0 saturated carbocycles. The molecule has 0 aliphatic heterocycles. The maximum atomic E-state index is 4.50. The molecule has 0 amide bonds. The van der Waals surface area contributed by atoms with Crippen LogP contribution in [0.4, 0.5) is 11.4 Å². The Balaban J connectivity index is 1.64. The van der Waals surface area contributed by atoms with Crippen LogP contribution in [0.25, 0.3) is 22.3 Å². The van der Waals surface area contributed by atoms with E-state index in [0.29, 0.717) is 5.92 Å². The fourth-order valence-electron chi connectivity index (χ4n) is 4.80. The molecule has 3 nitrogen and oxygen atoms in total. The largest absolute Gasteiger partial charge is 0.378 e.